The largest absolute Gasteiger partial charge is 0.367 e. The number of amides is 2. The van der Waals surface area contributed by atoms with Crippen molar-refractivity contribution in [3.05, 3.63) is 64.6 Å². The second-order valence-electron chi connectivity index (χ2n) is 9.95. The van der Waals surface area contributed by atoms with E-state index in [4.69, 9.17) is 11.6 Å². The zero-order chi connectivity index (χ0) is 28.2. The van der Waals surface area contributed by atoms with E-state index in [2.05, 4.69) is 31.7 Å². The molecule has 2 aliphatic heterocycles. The Morgan fingerprint density at radius 2 is 1.73 bits per heavy atom. The van der Waals surface area contributed by atoms with E-state index in [0.29, 0.717) is 55.9 Å². The minimum Gasteiger partial charge on any atom is -0.367 e. The van der Waals surface area contributed by atoms with Gasteiger partial charge in [0, 0.05) is 95.7 Å². The Morgan fingerprint density at radius 1 is 1.00 bits per heavy atom. The van der Waals surface area contributed by atoms with Gasteiger partial charge in [-0.05, 0) is 30.3 Å². The summed E-state index contributed by atoms with van der Waals surface area (Å²) in [6.07, 6.45) is 3.04. The van der Waals surface area contributed by atoms with Crippen molar-refractivity contribution < 1.29 is 9.59 Å². The standard InChI is InChI=1S/C28H33ClN8O3/c1-3-25(39)36-11-8-33(9-12-36)10-17-37-26(40)7-4-21-19-30-28(32-27(21)37)31-22-5-6-24(23(29)18-22)35-15-13-34(14-16-35)20(2)38/h3-7,18-19H,1,8-17H2,2H3,(H,30,31,32). The Labute approximate surface area is 237 Å². The molecule has 210 valence electrons. The summed E-state index contributed by atoms with van der Waals surface area (Å²) in [4.78, 5) is 53.4. The highest BCUT2D eigenvalue weighted by Gasteiger charge is 2.21. The number of rotatable bonds is 7. The van der Waals surface area contributed by atoms with Crippen LogP contribution in [0.1, 0.15) is 6.92 Å². The maximum atomic E-state index is 12.8. The van der Waals surface area contributed by atoms with Gasteiger partial charge in [0.25, 0.3) is 5.56 Å². The van der Waals surface area contributed by atoms with Gasteiger partial charge >= 0.3 is 0 Å². The number of benzene rings is 1. The summed E-state index contributed by atoms with van der Waals surface area (Å²) in [5.74, 6) is 0.401. The average Bonchev–Trinajstić information content (AvgIpc) is 2.96. The summed E-state index contributed by atoms with van der Waals surface area (Å²) in [5, 5.41) is 4.57. The second-order valence-corrected chi connectivity index (χ2v) is 10.4. The highest BCUT2D eigenvalue weighted by atomic mass is 35.5. The van der Waals surface area contributed by atoms with Gasteiger partial charge in [-0.2, -0.15) is 4.98 Å². The van der Waals surface area contributed by atoms with E-state index >= 15 is 0 Å². The zero-order valence-corrected chi connectivity index (χ0v) is 23.3. The maximum Gasteiger partial charge on any atom is 0.252 e. The first-order valence-corrected chi connectivity index (χ1v) is 13.8. The molecule has 1 aromatic carbocycles. The number of piperazine rings is 2. The molecule has 4 heterocycles. The van der Waals surface area contributed by atoms with Crippen molar-refractivity contribution in [1.82, 2.24) is 29.2 Å². The topological polar surface area (TPSA) is 107 Å². The van der Waals surface area contributed by atoms with Gasteiger partial charge in [0.2, 0.25) is 17.8 Å². The van der Waals surface area contributed by atoms with Crippen LogP contribution < -0.4 is 15.8 Å². The molecular formula is C28H33ClN8O3. The lowest BCUT2D eigenvalue weighted by Gasteiger charge is -2.36. The third-order valence-electron chi connectivity index (χ3n) is 7.49. The van der Waals surface area contributed by atoms with E-state index in [-0.39, 0.29) is 17.4 Å². The molecule has 0 unspecified atom stereocenters. The van der Waals surface area contributed by atoms with Gasteiger partial charge in [-0.25, -0.2) is 4.98 Å². The number of nitrogens with zero attached hydrogens (tertiary/aromatic N) is 7. The lowest BCUT2D eigenvalue weighted by molar-refractivity contribution is -0.129. The summed E-state index contributed by atoms with van der Waals surface area (Å²) in [5.41, 5.74) is 2.07. The molecule has 2 amide bonds. The van der Waals surface area contributed by atoms with E-state index in [1.54, 1.807) is 28.7 Å². The van der Waals surface area contributed by atoms with E-state index < -0.39 is 0 Å². The number of carbonyl (C=O) groups excluding carboxylic acids is 2. The van der Waals surface area contributed by atoms with Crippen molar-refractivity contribution in [2.75, 3.05) is 69.1 Å². The molecule has 5 rings (SSSR count). The SMILES string of the molecule is C=CC(=O)N1CCN(CCn2c(=O)ccc3cnc(Nc4ccc(N5CCN(C(C)=O)CC5)c(Cl)c4)nc32)CC1. The van der Waals surface area contributed by atoms with Crippen LogP contribution in [0.2, 0.25) is 5.02 Å². The fourth-order valence-electron chi connectivity index (χ4n) is 5.14. The molecule has 2 aromatic heterocycles. The Kier molecular flexibility index (Phi) is 8.32. The van der Waals surface area contributed by atoms with E-state index in [0.717, 1.165) is 42.9 Å². The van der Waals surface area contributed by atoms with Crippen LogP contribution in [0.3, 0.4) is 0 Å². The highest BCUT2D eigenvalue weighted by molar-refractivity contribution is 6.33. The van der Waals surface area contributed by atoms with Crippen LogP contribution in [0.15, 0.2) is 54.0 Å². The number of nitrogens with one attached hydrogen (secondary N) is 1. The molecule has 2 saturated heterocycles. The smallest absolute Gasteiger partial charge is 0.252 e. The third-order valence-corrected chi connectivity index (χ3v) is 7.79. The normalized spacial score (nSPS) is 16.3. The van der Waals surface area contributed by atoms with E-state index in [1.165, 1.54) is 12.1 Å². The van der Waals surface area contributed by atoms with E-state index in [9.17, 15) is 14.4 Å². The molecule has 0 aliphatic carbocycles. The quantitative estimate of drug-likeness (QED) is 0.435. The maximum absolute atomic E-state index is 12.8. The monoisotopic (exact) mass is 564 g/mol. The minimum absolute atomic E-state index is 0.0509. The summed E-state index contributed by atoms with van der Waals surface area (Å²) < 4.78 is 1.67. The summed E-state index contributed by atoms with van der Waals surface area (Å²) in [7, 11) is 0. The molecule has 0 spiro atoms. The fourth-order valence-corrected chi connectivity index (χ4v) is 5.44. The zero-order valence-electron chi connectivity index (χ0n) is 22.6. The number of hydrogen-bond donors (Lipinski definition) is 1. The summed E-state index contributed by atoms with van der Waals surface area (Å²) in [6, 6.07) is 8.97. The molecule has 11 nitrogen and oxygen atoms in total. The lowest BCUT2D eigenvalue weighted by Crippen LogP contribution is -2.49. The number of pyridine rings is 1. The van der Waals surface area contributed by atoms with Crippen LogP contribution in [-0.4, -0.2) is 100.0 Å². The van der Waals surface area contributed by atoms with Gasteiger partial charge in [0.1, 0.15) is 5.65 Å². The number of carbonyl (C=O) groups is 2. The number of anilines is 3. The van der Waals surface area contributed by atoms with Crippen LogP contribution in [0, 0.1) is 0 Å². The van der Waals surface area contributed by atoms with Crippen molar-refractivity contribution in [3.8, 4) is 0 Å². The van der Waals surface area contributed by atoms with Crippen LogP contribution in [0.25, 0.3) is 11.0 Å². The lowest BCUT2D eigenvalue weighted by atomic mass is 10.2. The molecule has 0 saturated carbocycles. The molecular weight excluding hydrogens is 532 g/mol. The van der Waals surface area contributed by atoms with Crippen molar-refractivity contribution in [2.24, 2.45) is 0 Å². The molecule has 0 radical (unpaired) electrons. The van der Waals surface area contributed by atoms with Gasteiger partial charge in [0.05, 0.1) is 10.7 Å². The van der Waals surface area contributed by atoms with Crippen molar-refractivity contribution in [2.45, 2.75) is 13.5 Å². The third kappa shape index (κ3) is 6.10. The van der Waals surface area contributed by atoms with E-state index in [1.807, 2.05) is 23.1 Å². The number of aromatic nitrogens is 3. The average molecular weight is 565 g/mol. The predicted molar refractivity (Wildman–Crippen MR) is 156 cm³/mol. The first-order valence-electron chi connectivity index (χ1n) is 13.4. The Balaban J connectivity index is 1.27. The molecule has 0 bridgehead atoms. The Hall–Kier alpha value is -3.96. The van der Waals surface area contributed by atoms with Gasteiger partial charge in [-0.15, -0.1) is 0 Å². The molecule has 2 aliphatic rings. The highest BCUT2D eigenvalue weighted by Crippen LogP contribution is 2.30. The van der Waals surface area contributed by atoms with Gasteiger partial charge in [0.15, 0.2) is 0 Å². The van der Waals surface area contributed by atoms with Crippen molar-refractivity contribution in [3.63, 3.8) is 0 Å². The van der Waals surface area contributed by atoms with Crippen LogP contribution in [0.5, 0.6) is 0 Å². The van der Waals surface area contributed by atoms with Crippen molar-refractivity contribution >= 4 is 51.8 Å². The Morgan fingerprint density at radius 3 is 2.40 bits per heavy atom. The summed E-state index contributed by atoms with van der Waals surface area (Å²) in [6.45, 7) is 11.8. The van der Waals surface area contributed by atoms with Crippen molar-refractivity contribution in [1.29, 1.82) is 0 Å². The number of halogens is 1. The van der Waals surface area contributed by atoms with Gasteiger partial charge in [-0.1, -0.05) is 18.2 Å². The summed E-state index contributed by atoms with van der Waals surface area (Å²) >= 11 is 6.64. The van der Waals surface area contributed by atoms with Crippen LogP contribution in [-0.2, 0) is 16.1 Å². The first kappa shape index (κ1) is 27.6. The molecule has 40 heavy (non-hydrogen) atoms. The molecule has 0 atom stereocenters. The first-order chi connectivity index (χ1) is 19.3. The molecule has 12 heteroatoms. The minimum atomic E-state index is -0.130. The molecule has 1 N–H and O–H groups in total. The second kappa shape index (κ2) is 12.1. The van der Waals surface area contributed by atoms with Crippen LogP contribution in [0.4, 0.5) is 17.3 Å². The van der Waals surface area contributed by atoms with Crippen LogP contribution >= 0.6 is 11.6 Å². The fraction of sp³-hybridized carbons (Fsp3) is 0.393. The Bertz CT molecular complexity index is 1480. The predicted octanol–water partition coefficient (Wildman–Crippen LogP) is 2.19. The number of hydrogen-bond acceptors (Lipinski definition) is 8. The number of fused-ring (bicyclic) bond motifs is 1. The molecule has 2 fully saturated rings. The van der Waals surface area contributed by atoms with Gasteiger partial charge in [-0.3, -0.25) is 23.9 Å². The van der Waals surface area contributed by atoms with Gasteiger partial charge < -0.3 is 20.0 Å². The molecule has 3 aromatic rings.